The van der Waals surface area contributed by atoms with Crippen molar-refractivity contribution < 1.29 is 8.42 Å². The highest BCUT2D eigenvalue weighted by molar-refractivity contribution is 7.99. The van der Waals surface area contributed by atoms with Crippen LogP contribution in [0.2, 0.25) is 0 Å². The van der Waals surface area contributed by atoms with Crippen molar-refractivity contribution in [3.8, 4) is 0 Å². The van der Waals surface area contributed by atoms with Crippen molar-refractivity contribution in [2.45, 2.75) is 37.5 Å². The molecule has 90 valence electrons. The topological polar surface area (TPSA) is 72.2 Å². The van der Waals surface area contributed by atoms with E-state index in [9.17, 15) is 8.42 Å². The van der Waals surface area contributed by atoms with Crippen LogP contribution in [0.15, 0.2) is 0 Å². The van der Waals surface area contributed by atoms with Gasteiger partial charge in [-0.3, -0.25) is 0 Å². The number of nitrogens with two attached hydrogens (primary N) is 1. The van der Waals surface area contributed by atoms with Crippen molar-refractivity contribution >= 4 is 21.8 Å². The van der Waals surface area contributed by atoms with E-state index in [0.717, 1.165) is 6.54 Å². The van der Waals surface area contributed by atoms with E-state index in [-0.39, 0.29) is 5.75 Å². The average Bonchev–Trinajstić information content (AvgIpc) is 2.13. The second-order valence-corrected chi connectivity index (χ2v) is 7.22. The van der Waals surface area contributed by atoms with Crippen molar-refractivity contribution in [3.05, 3.63) is 0 Å². The summed E-state index contributed by atoms with van der Waals surface area (Å²) in [4.78, 5) is 0. The highest BCUT2D eigenvalue weighted by Gasteiger charge is 2.20. The number of sulfonamides is 1. The Hall–Kier alpha value is 0.220. The summed E-state index contributed by atoms with van der Waals surface area (Å²) < 4.78 is 21.4. The van der Waals surface area contributed by atoms with Crippen LogP contribution in [0.5, 0.6) is 0 Å². The fourth-order valence-electron chi connectivity index (χ4n) is 1.75. The first kappa shape index (κ1) is 13.3. The molecule has 4 nitrogen and oxygen atoms in total. The summed E-state index contributed by atoms with van der Waals surface area (Å²) >= 11 is 1.98. The first-order chi connectivity index (χ1) is 6.99. The summed E-state index contributed by atoms with van der Waals surface area (Å²) in [5, 5.41) is 8.96. The van der Waals surface area contributed by atoms with Crippen LogP contribution < -0.4 is 10.5 Å². The highest BCUT2D eigenvalue weighted by atomic mass is 32.2. The molecule has 2 unspecified atom stereocenters. The van der Waals surface area contributed by atoms with E-state index in [4.69, 9.17) is 5.14 Å². The predicted octanol–water partition coefficient (Wildman–Crippen LogP) is 0.539. The third-order valence-corrected chi connectivity index (χ3v) is 4.86. The van der Waals surface area contributed by atoms with Crippen LogP contribution in [0.1, 0.15) is 26.2 Å². The Morgan fingerprint density at radius 1 is 1.53 bits per heavy atom. The van der Waals surface area contributed by atoms with Crippen LogP contribution in [0.25, 0.3) is 0 Å². The van der Waals surface area contributed by atoms with Gasteiger partial charge in [0.25, 0.3) is 0 Å². The van der Waals surface area contributed by atoms with Gasteiger partial charge in [0.05, 0.1) is 5.75 Å². The summed E-state index contributed by atoms with van der Waals surface area (Å²) in [5.74, 6) is 1.32. The monoisotopic (exact) mass is 252 g/mol. The lowest BCUT2D eigenvalue weighted by atomic mass is 10.1. The van der Waals surface area contributed by atoms with E-state index >= 15 is 0 Å². The van der Waals surface area contributed by atoms with Crippen molar-refractivity contribution in [1.29, 1.82) is 0 Å². The highest BCUT2D eigenvalue weighted by Crippen LogP contribution is 2.24. The molecule has 0 aliphatic carbocycles. The summed E-state index contributed by atoms with van der Waals surface area (Å²) in [7, 11) is -3.29. The molecule has 0 aromatic carbocycles. The standard InChI is InChI=1S/C9H20N2O2S2/c1-8-9(4-2-6-14-8)11-5-3-7-15(10,12)13/h8-9,11H,2-7H2,1H3,(H2,10,12,13). The molecule has 0 saturated carbocycles. The zero-order valence-electron chi connectivity index (χ0n) is 9.11. The van der Waals surface area contributed by atoms with E-state index in [0.29, 0.717) is 17.7 Å². The maximum atomic E-state index is 10.7. The molecule has 6 heteroatoms. The molecule has 0 spiro atoms. The molecule has 1 heterocycles. The molecule has 0 aromatic heterocycles. The Bertz CT molecular complexity index is 280. The molecule has 0 aromatic rings. The lowest BCUT2D eigenvalue weighted by Gasteiger charge is -2.29. The minimum absolute atomic E-state index is 0.0776. The minimum atomic E-state index is -3.29. The van der Waals surface area contributed by atoms with Crippen LogP contribution in [0.4, 0.5) is 0 Å². The first-order valence-corrected chi connectivity index (χ1v) is 8.11. The number of hydrogen-bond donors (Lipinski definition) is 2. The summed E-state index contributed by atoms with van der Waals surface area (Å²) in [6, 6.07) is 0.532. The van der Waals surface area contributed by atoms with Crippen LogP contribution >= 0.6 is 11.8 Å². The number of primary sulfonamides is 1. The van der Waals surface area contributed by atoms with Crippen LogP contribution in [0.3, 0.4) is 0 Å². The quantitative estimate of drug-likeness (QED) is 0.701. The molecule has 3 N–H and O–H groups in total. The zero-order valence-corrected chi connectivity index (χ0v) is 10.7. The predicted molar refractivity (Wildman–Crippen MR) is 65.5 cm³/mol. The van der Waals surface area contributed by atoms with E-state index in [1.54, 1.807) is 0 Å². The minimum Gasteiger partial charge on any atom is -0.313 e. The molecular weight excluding hydrogens is 232 g/mol. The van der Waals surface area contributed by atoms with E-state index in [1.165, 1.54) is 18.6 Å². The number of thioether (sulfide) groups is 1. The van der Waals surface area contributed by atoms with Gasteiger partial charge in [0.15, 0.2) is 0 Å². The third kappa shape index (κ3) is 5.75. The van der Waals surface area contributed by atoms with E-state index < -0.39 is 10.0 Å². The molecule has 0 amide bonds. The van der Waals surface area contributed by atoms with Gasteiger partial charge in [0, 0.05) is 11.3 Å². The van der Waals surface area contributed by atoms with Gasteiger partial charge in [-0.05, 0) is 31.6 Å². The van der Waals surface area contributed by atoms with Gasteiger partial charge in [0.1, 0.15) is 0 Å². The SMILES string of the molecule is CC1SCCCC1NCCCS(N)(=O)=O. The van der Waals surface area contributed by atoms with Crippen molar-refractivity contribution in [1.82, 2.24) is 5.32 Å². The number of nitrogens with one attached hydrogen (secondary N) is 1. The molecular formula is C9H20N2O2S2. The Morgan fingerprint density at radius 2 is 2.27 bits per heavy atom. The number of hydrogen-bond acceptors (Lipinski definition) is 4. The lowest BCUT2D eigenvalue weighted by molar-refractivity contribution is 0.463. The van der Waals surface area contributed by atoms with Crippen LogP contribution in [-0.2, 0) is 10.0 Å². The average molecular weight is 252 g/mol. The molecule has 1 saturated heterocycles. The molecule has 15 heavy (non-hydrogen) atoms. The Kier molecular flexibility index (Phi) is 5.38. The zero-order chi connectivity index (χ0) is 11.3. The van der Waals surface area contributed by atoms with Crippen molar-refractivity contribution in [2.75, 3.05) is 18.1 Å². The van der Waals surface area contributed by atoms with Gasteiger partial charge in [-0.2, -0.15) is 11.8 Å². The fourth-order valence-corrected chi connectivity index (χ4v) is 3.47. The van der Waals surface area contributed by atoms with E-state index in [2.05, 4.69) is 12.2 Å². The van der Waals surface area contributed by atoms with Gasteiger partial charge >= 0.3 is 0 Å². The molecule has 1 rings (SSSR count). The lowest BCUT2D eigenvalue weighted by Crippen LogP contribution is -2.40. The van der Waals surface area contributed by atoms with Gasteiger partial charge in [-0.1, -0.05) is 6.92 Å². The summed E-state index contributed by atoms with van der Waals surface area (Å²) in [6.45, 7) is 2.97. The normalized spacial score (nSPS) is 27.9. The summed E-state index contributed by atoms with van der Waals surface area (Å²) in [6.07, 6.45) is 3.05. The Balaban J connectivity index is 2.14. The van der Waals surface area contributed by atoms with Crippen LogP contribution in [-0.4, -0.2) is 37.8 Å². The largest absolute Gasteiger partial charge is 0.313 e. The van der Waals surface area contributed by atoms with Crippen LogP contribution in [0, 0.1) is 0 Å². The first-order valence-electron chi connectivity index (χ1n) is 5.34. The van der Waals surface area contributed by atoms with Crippen molar-refractivity contribution in [2.24, 2.45) is 5.14 Å². The maximum absolute atomic E-state index is 10.7. The van der Waals surface area contributed by atoms with E-state index in [1.807, 2.05) is 11.8 Å². The van der Waals surface area contributed by atoms with Gasteiger partial charge in [0.2, 0.25) is 10.0 Å². The third-order valence-electron chi connectivity index (χ3n) is 2.62. The second-order valence-electron chi connectivity index (χ2n) is 4.00. The molecule has 1 aliphatic heterocycles. The second kappa shape index (κ2) is 6.08. The van der Waals surface area contributed by atoms with Crippen molar-refractivity contribution in [3.63, 3.8) is 0 Å². The molecule has 0 bridgehead atoms. The molecule has 2 atom stereocenters. The van der Waals surface area contributed by atoms with Gasteiger partial charge in [-0.25, -0.2) is 13.6 Å². The van der Waals surface area contributed by atoms with Gasteiger partial charge < -0.3 is 5.32 Å². The summed E-state index contributed by atoms with van der Waals surface area (Å²) in [5.41, 5.74) is 0. The molecule has 0 radical (unpaired) electrons. The molecule has 1 aliphatic rings. The smallest absolute Gasteiger partial charge is 0.209 e. The number of rotatable bonds is 5. The van der Waals surface area contributed by atoms with Gasteiger partial charge in [-0.15, -0.1) is 0 Å². The Labute approximate surface area is 96.4 Å². The maximum Gasteiger partial charge on any atom is 0.209 e. The Morgan fingerprint density at radius 3 is 2.87 bits per heavy atom. The fraction of sp³-hybridized carbons (Fsp3) is 1.00. The molecule has 1 fully saturated rings.